The number of anilines is 1. The molecule has 0 saturated heterocycles. The molecule has 1 heterocycles. The average molecular weight is 280 g/mol. The van der Waals surface area contributed by atoms with Crippen molar-refractivity contribution in [3.8, 4) is 6.07 Å². The summed E-state index contributed by atoms with van der Waals surface area (Å²) in [4.78, 5) is 15.8. The van der Waals surface area contributed by atoms with Crippen molar-refractivity contribution in [2.75, 3.05) is 18.4 Å². The van der Waals surface area contributed by atoms with E-state index in [1.165, 1.54) is 0 Å². The minimum Gasteiger partial charge on any atom is -0.383 e. The lowest BCUT2D eigenvalue weighted by molar-refractivity contribution is 0.0955. The van der Waals surface area contributed by atoms with Gasteiger partial charge in [0.1, 0.15) is 11.8 Å². The number of carbonyl (C=O) groups excluding carboxylic acids is 1. The molecule has 0 unspecified atom stereocenters. The summed E-state index contributed by atoms with van der Waals surface area (Å²) in [6, 6.07) is 12.9. The Balaban J connectivity index is 1.78. The fourth-order valence-electron chi connectivity index (χ4n) is 1.79. The highest BCUT2D eigenvalue weighted by atomic mass is 16.1. The molecule has 5 nitrogen and oxygen atoms in total. The molecule has 0 spiro atoms. The quantitative estimate of drug-likeness (QED) is 0.822. The minimum atomic E-state index is -0.0933. The molecule has 0 radical (unpaired) electrons. The van der Waals surface area contributed by atoms with E-state index in [0.717, 1.165) is 11.3 Å². The number of carbonyl (C=O) groups is 1. The van der Waals surface area contributed by atoms with Crippen LogP contribution >= 0.6 is 0 Å². The number of hydrogen-bond acceptors (Lipinski definition) is 4. The summed E-state index contributed by atoms with van der Waals surface area (Å²) >= 11 is 0. The van der Waals surface area contributed by atoms with Gasteiger partial charge in [-0.25, -0.2) is 4.98 Å². The van der Waals surface area contributed by atoms with Crippen molar-refractivity contribution < 1.29 is 4.79 Å². The van der Waals surface area contributed by atoms with E-state index in [2.05, 4.69) is 15.6 Å². The number of nitriles is 1. The highest BCUT2D eigenvalue weighted by Crippen LogP contribution is 2.06. The molecule has 2 N–H and O–H groups in total. The van der Waals surface area contributed by atoms with E-state index in [-0.39, 0.29) is 5.91 Å². The van der Waals surface area contributed by atoms with Crippen molar-refractivity contribution >= 4 is 11.6 Å². The van der Waals surface area contributed by atoms with Gasteiger partial charge in [0.05, 0.1) is 0 Å². The molecule has 5 heteroatoms. The molecule has 106 valence electrons. The van der Waals surface area contributed by atoms with E-state index in [4.69, 9.17) is 5.26 Å². The number of benzene rings is 1. The summed E-state index contributed by atoms with van der Waals surface area (Å²) in [5, 5.41) is 14.7. The number of nitrogens with one attached hydrogen (secondary N) is 2. The summed E-state index contributed by atoms with van der Waals surface area (Å²) in [5.74, 6) is -0.0933. The smallest absolute Gasteiger partial charge is 0.251 e. The molecule has 1 aromatic carbocycles. The molecule has 0 atom stereocenters. The van der Waals surface area contributed by atoms with Gasteiger partial charge in [0.25, 0.3) is 5.91 Å². The third-order valence-electron chi connectivity index (χ3n) is 2.93. The van der Waals surface area contributed by atoms with Crippen LogP contribution < -0.4 is 10.6 Å². The first-order valence-corrected chi connectivity index (χ1v) is 6.64. The predicted octanol–water partition coefficient (Wildman–Crippen LogP) is 2.10. The Hall–Kier alpha value is -2.87. The van der Waals surface area contributed by atoms with E-state index < -0.39 is 0 Å². The van der Waals surface area contributed by atoms with Crippen LogP contribution in [0.1, 0.15) is 21.6 Å². The first-order valence-electron chi connectivity index (χ1n) is 6.64. The Labute approximate surface area is 123 Å². The van der Waals surface area contributed by atoms with E-state index in [9.17, 15) is 4.79 Å². The number of aromatic nitrogens is 1. The highest BCUT2D eigenvalue weighted by molar-refractivity contribution is 5.94. The normalized spacial score (nSPS) is 9.71. The van der Waals surface area contributed by atoms with Gasteiger partial charge in [0.15, 0.2) is 0 Å². The molecule has 2 rings (SSSR count). The maximum Gasteiger partial charge on any atom is 0.251 e. The van der Waals surface area contributed by atoms with Crippen LogP contribution in [0.5, 0.6) is 0 Å². The molecule has 0 aliphatic heterocycles. The summed E-state index contributed by atoms with van der Waals surface area (Å²) in [7, 11) is 0. The zero-order valence-corrected chi connectivity index (χ0v) is 11.8. The fourth-order valence-corrected chi connectivity index (χ4v) is 1.79. The molecular weight excluding hydrogens is 264 g/mol. The molecule has 21 heavy (non-hydrogen) atoms. The van der Waals surface area contributed by atoms with Crippen molar-refractivity contribution in [2.24, 2.45) is 0 Å². The van der Waals surface area contributed by atoms with Gasteiger partial charge in [0, 0.05) is 30.5 Å². The second kappa shape index (κ2) is 7.06. The van der Waals surface area contributed by atoms with Crippen LogP contribution in [-0.2, 0) is 0 Å². The van der Waals surface area contributed by atoms with Gasteiger partial charge in [-0.1, -0.05) is 17.7 Å². The SMILES string of the molecule is Cc1ccc(C(=O)NCCNc2ccnc(C#N)c2)cc1. The van der Waals surface area contributed by atoms with Gasteiger partial charge >= 0.3 is 0 Å². The fraction of sp³-hybridized carbons (Fsp3) is 0.188. The van der Waals surface area contributed by atoms with Crippen LogP contribution in [-0.4, -0.2) is 24.0 Å². The Morgan fingerprint density at radius 1 is 1.24 bits per heavy atom. The van der Waals surface area contributed by atoms with E-state index in [0.29, 0.717) is 24.3 Å². The summed E-state index contributed by atoms with van der Waals surface area (Å²) in [6.45, 7) is 3.05. The largest absolute Gasteiger partial charge is 0.383 e. The van der Waals surface area contributed by atoms with Crippen molar-refractivity contribution in [1.82, 2.24) is 10.3 Å². The second-order valence-electron chi connectivity index (χ2n) is 4.59. The van der Waals surface area contributed by atoms with Crippen LogP contribution in [0.2, 0.25) is 0 Å². The molecule has 0 saturated carbocycles. The molecular formula is C16H16N4O. The highest BCUT2D eigenvalue weighted by Gasteiger charge is 2.03. The maximum atomic E-state index is 11.9. The van der Waals surface area contributed by atoms with Gasteiger partial charge in [-0.15, -0.1) is 0 Å². The van der Waals surface area contributed by atoms with Gasteiger partial charge in [0.2, 0.25) is 0 Å². The third-order valence-corrected chi connectivity index (χ3v) is 2.93. The molecule has 0 fully saturated rings. The Morgan fingerprint density at radius 3 is 2.71 bits per heavy atom. The summed E-state index contributed by atoms with van der Waals surface area (Å²) in [5.41, 5.74) is 2.95. The third kappa shape index (κ3) is 4.32. The Bertz CT molecular complexity index is 659. The van der Waals surface area contributed by atoms with E-state index in [1.807, 2.05) is 25.1 Å². The number of amides is 1. The zero-order valence-electron chi connectivity index (χ0n) is 11.8. The molecule has 1 amide bonds. The number of nitrogens with zero attached hydrogens (tertiary/aromatic N) is 2. The molecule has 0 bridgehead atoms. The average Bonchev–Trinajstić information content (AvgIpc) is 2.52. The van der Waals surface area contributed by atoms with Crippen LogP contribution in [0.25, 0.3) is 0 Å². The molecule has 0 aliphatic carbocycles. The van der Waals surface area contributed by atoms with Gasteiger partial charge in [-0.3, -0.25) is 4.79 Å². The predicted molar refractivity (Wildman–Crippen MR) is 81.0 cm³/mol. The lowest BCUT2D eigenvalue weighted by atomic mass is 10.1. The zero-order chi connectivity index (χ0) is 15.1. The first kappa shape index (κ1) is 14.5. The van der Waals surface area contributed by atoms with E-state index >= 15 is 0 Å². The maximum absolute atomic E-state index is 11.9. The van der Waals surface area contributed by atoms with Crippen molar-refractivity contribution in [3.05, 3.63) is 59.4 Å². The summed E-state index contributed by atoms with van der Waals surface area (Å²) in [6.07, 6.45) is 1.58. The van der Waals surface area contributed by atoms with Crippen LogP contribution in [0.4, 0.5) is 5.69 Å². The van der Waals surface area contributed by atoms with Crippen molar-refractivity contribution in [1.29, 1.82) is 5.26 Å². The van der Waals surface area contributed by atoms with Crippen molar-refractivity contribution in [3.63, 3.8) is 0 Å². The monoisotopic (exact) mass is 280 g/mol. The number of hydrogen-bond donors (Lipinski definition) is 2. The molecule has 0 aliphatic rings. The Morgan fingerprint density at radius 2 is 2.00 bits per heavy atom. The molecule has 1 aromatic heterocycles. The van der Waals surface area contributed by atoms with Gasteiger partial charge in [-0.05, 0) is 31.2 Å². The lowest BCUT2D eigenvalue weighted by Crippen LogP contribution is -2.28. The van der Waals surface area contributed by atoms with Crippen LogP contribution in [0, 0.1) is 18.3 Å². The van der Waals surface area contributed by atoms with Gasteiger partial charge < -0.3 is 10.6 Å². The van der Waals surface area contributed by atoms with Gasteiger partial charge in [-0.2, -0.15) is 5.26 Å². The summed E-state index contributed by atoms with van der Waals surface area (Å²) < 4.78 is 0. The first-order chi connectivity index (χ1) is 10.2. The van der Waals surface area contributed by atoms with Crippen molar-refractivity contribution in [2.45, 2.75) is 6.92 Å². The molecule has 2 aromatic rings. The van der Waals surface area contributed by atoms with E-state index in [1.54, 1.807) is 30.5 Å². The number of pyridine rings is 1. The Kier molecular flexibility index (Phi) is 4.89. The van der Waals surface area contributed by atoms with Crippen LogP contribution in [0.3, 0.4) is 0 Å². The topological polar surface area (TPSA) is 77.8 Å². The number of aryl methyl sites for hydroxylation is 1. The van der Waals surface area contributed by atoms with Crippen LogP contribution in [0.15, 0.2) is 42.6 Å². The standard InChI is InChI=1S/C16H16N4O/c1-12-2-4-13(5-3-12)16(21)20-9-8-19-14-6-7-18-15(10-14)11-17/h2-7,10H,8-9H2,1H3,(H,18,19)(H,20,21). The number of rotatable bonds is 5. The lowest BCUT2D eigenvalue weighted by Gasteiger charge is -2.08. The minimum absolute atomic E-state index is 0.0933. The second-order valence-corrected chi connectivity index (χ2v) is 4.59.